The lowest BCUT2D eigenvalue weighted by Gasteiger charge is -2.08. The molecule has 1 atom stereocenters. The summed E-state index contributed by atoms with van der Waals surface area (Å²) >= 11 is 0. The number of allylic oxidation sites excluding steroid dienone is 1. The Morgan fingerprint density at radius 2 is 1.86 bits per heavy atom. The molecule has 0 aromatic heterocycles. The first-order chi connectivity index (χ1) is 6.76. The second-order valence-corrected chi connectivity index (χ2v) is 3.53. The van der Waals surface area contributed by atoms with E-state index in [-0.39, 0.29) is 0 Å². The summed E-state index contributed by atoms with van der Waals surface area (Å²) in [4.78, 5) is 0. The van der Waals surface area contributed by atoms with Gasteiger partial charge in [0.2, 0.25) is 0 Å². The average Bonchev–Trinajstić information content (AvgIpc) is 2.94. The number of ether oxygens (including phenoxy) is 2. The van der Waals surface area contributed by atoms with Gasteiger partial charge < -0.3 is 9.47 Å². The molecule has 74 valence electrons. The molecule has 1 aliphatic carbocycles. The maximum Gasteiger partial charge on any atom is 0.161 e. The highest BCUT2D eigenvalue weighted by molar-refractivity contribution is 5.48. The van der Waals surface area contributed by atoms with E-state index in [1.807, 2.05) is 12.1 Å². The lowest BCUT2D eigenvalue weighted by Crippen LogP contribution is -1.91. The zero-order valence-electron chi connectivity index (χ0n) is 8.54. The number of methoxy groups -OCH3 is 2. The van der Waals surface area contributed by atoms with Crippen LogP contribution in [0.25, 0.3) is 0 Å². The Morgan fingerprint density at radius 3 is 2.36 bits per heavy atom. The van der Waals surface area contributed by atoms with Gasteiger partial charge in [-0.2, -0.15) is 0 Å². The van der Waals surface area contributed by atoms with Crippen molar-refractivity contribution in [2.45, 2.75) is 12.3 Å². The van der Waals surface area contributed by atoms with Crippen molar-refractivity contribution in [3.8, 4) is 11.5 Å². The maximum atomic E-state index is 5.24. The van der Waals surface area contributed by atoms with E-state index in [4.69, 9.17) is 9.47 Å². The molecule has 0 aliphatic heterocycles. The molecule has 0 saturated heterocycles. The molecule has 2 rings (SSSR count). The van der Waals surface area contributed by atoms with Crippen LogP contribution < -0.4 is 9.47 Å². The molecule has 0 N–H and O–H groups in total. The SMILES string of the molecule is C=C1CC1c1ccc(OC)c(OC)c1. The van der Waals surface area contributed by atoms with Gasteiger partial charge >= 0.3 is 0 Å². The molecule has 1 saturated carbocycles. The molecule has 2 heteroatoms. The Hall–Kier alpha value is -1.44. The first kappa shape index (κ1) is 9.13. The molecule has 1 aromatic carbocycles. The molecule has 14 heavy (non-hydrogen) atoms. The number of hydrogen-bond donors (Lipinski definition) is 0. The molecule has 1 fully saturated rings. The maximum absolute atomic E-state index is 5.24. The van der Waals surface area contributed by atoms with Crippen molar-refractivity contribution in [2.24, 2.45) is 0 Å². The molecule has 1 aliphatic rings. The molecule has 1 aromatic rings. The van der Waals surface area contributed by atoms with Crippen LogP contribution in [0.3, 0.4) is 0 Å². The van der Waals surface area contributed by atoms with Crippen molar-refractivity contribution in [2.75, 3.05) is 14.2 Å². The summed E-state index contributed by atoms with van der Waals surface area (Å²) < 4.78 is 10.4. The van der Waals surface area contributed by atoms with Gasteiger partial charge in [0.15, 0.2) is 11.5 Å². The van der Waals surface area contributed by atoms with Crippen molar-refractivity contribution >= 4 is 0 Å². The van der Waals surface area contributed by atoms with Gasteiger partial charge in [-0.25, -0.2) is 0 Å². The largest absolute Gasteiger partial charge is 0.493 e. The Morgan fingerprint density at radius 1 is 1.21 bits per heavy atom. The fraction of sp³-hybridized carbons (Fsp3) is 0.333. The minimum Gasteiger partial charge on any atom is -0.493 e. The molecular weight excluding hydrogens is 176 g/mol. The third-order valence-electron chi connectivity index (χ3n) is 2.61. The fourth-order valence-corrected chi connectivity index (χ4v) is 1.63. The van der Waals surface area contributed by atoms with Gasteiger partial charge in [0.1, 0.15) is 0 Å². The van der Waals surface area contributed by atoms with E-state index >= 15 is 0 Å². The summed E-state index contributed by atoms with van der Waals surface area (Å²) in [7, 11) is 3.30. The van der Waals surface area contributed by atoms with Gasteiger partial charge in [0, 0.05) is 5.92 Å². The Balaban J connectivity index is 2.32. The van der Waals surface area contributed by atoms with Gasteiger partial charge in [0.25, 0.3) is 0 Å². The van der Waals surface area contributed by atoms with Crippen LogP contribution in [0.4, 0.5) is 0 Å². The summed E-state index contributed by atoms with van der Waals surface area (Å²) in [5.41, 5.74) is 2.57. The second-order valence-electron chi connectivity index (χ2n) is 3.53. The van der Waals surface area contributed by atoms with Gasteiger partial charge in [-0.15, -0.1) is 0 Å². The fourth-order valence-electron chi connectivity index (χ4n) is 1.63. The third kappa shape index (κ3) is 1.48. The monoisotopic (exact) mass is 190 g/mol. The normalized spacial score (nSPS) is 19.3. The van der Waals surface area contributed by atoms with Crippen LogP contribution in [0.15, 0.2) is 30.4 Å². The quantitative estimate of drug-likeness (QED) is 0.682. The molecule has 0 heterocycles. The molecule has 0 radical (unpaired) electrons. The third-order valence-corrected chi connectivity index (χ3v) is 2.61. The van der Waals surface area contributed by atoms with Crippen molar-refractivity contribution in [1.29, 1.82) is 0 Å². The average molecular weight is 190 g/mol. The summed E-state index contributed by atoms with van der Waals surface area (Å²) in [6.45, 7) is 3.95. The molecule has 0 amide bonds. The lowest BCUT2D eigenvalue weighted by molar-refractivity contribution is 0.354. The number of rotatable bonds is 3. The molecule has 2 nitrogen and oxygen atoms in total. The van der Waals surface area contributed by atoms with E-state index in [0.717, 1.165) is 17.9 Å². The van der Waals surface area contributed by atoms with Crippen LogP contribution in [0.5, 0.6) is 11.5 Å². The van der Waals surface area contributed by atoms with E-state index in [1.54, 1.807) is 14.2 Å². The summed E-state index contributed by atoms with van der Waals surface area (Å²) in [6, 6.07) is 6.05. The first-order valence-electron chi connectivity index (χ1n) is 4.66. The topological polar surface area (TPSA) is 18.5 Å². The first-order valence-corrected chi connectivity index (χ1v) is 4.66. The molecule has 1 unspecified atom stereocenters. The smallest absolute Gasteiger partial charge is 0.161 e. The van der Waals surface area contributed by atoms with Crippen LogP contribution in [-0.4, -0.2) is 14.2 Å². The molecular formula is C12H14O2. The lowest BCUT2D eigenvalue weighted by atomic mass is 10.1. The van der Waals surface area contributed by atoms with Crippen molar-refractivity contribution in [3.63, 3.8) is 0 Å². The summed E-state index contributed by atoms with van der Waals surface area (Å²) in [5.74, 6) is 2.11. The van der Waals surface area contributed by atoms with Gasteiger partial charge in [-0.05, 0) is 24.1 Å². The van der Waals surface area contributed by atoms with Crippen LogP contribution in [0.2, 0.25) is 0 Å². The summed E-state index contributed by atoms with van der Waals surface area (Å²) in [5, 5.41) is 0. The second kappa shape index (κ2) is 3.37. The Kier molecular flexibility index (Phi) is 2.20. The molecule has 0 bridgehead atoms. The zero-order valence-corrected chi connectivity index (χ0v) is 8.54. The predicted octanol–water partition coefficient (Wildman–Crippen LogP) is 2.75. The van der Waals surface area contributed by atoms with Crippen LogP contribution >= 0.6 is 0 Å². The van der Waals surface area contributed by atoms with Crippen LogP contribution in [0, 0.1) is 0 Å². The number of hydrogen-bond acceptors (Lipinski definition) is 2. The van der Waals surface area contributed by atoms with Gasteiger partial charge in [-0.1, -0.05) is 18.2 Å². The minimum absolute atomic E-state index is 0.537. The molecule has 0 spiro atoms. The van der Waals surface area contributed by atoms with Crippen molar-refractivity contribution in [3.05, 3.63) is 35.9 Å². The van der Waals surface area contributed by atoms with E-state index in [1.165, 1.54) is 11.1 Å². The highest BCUT2D eigenvalue weighted by Crippen LogP contribution is 2.47. The zero-order chi connectivity index (χ0) is 10.1. The van der Waals surface area contributed by atoms with Gasteiger partial charge in [0.05, 0.1) is 14.2 Å². The highest BCUT2D eigenvalue weighted by atomic mass is 16.5. The van der Waals surface area contributed by atoms with Gasteiger partial charge in [-0.3, -0.25) is 0 Å². The van der Waals surface area contributed by atoms with Crippen molar-refractivity contribution < 1.29 is 9.47 Å². The highest BCUT2D eigenvalue weighted by Gasteiger charge is 2.29. The summed E-state index contributed by atoms with van der Waals surface area (Å²) in [6.07, 6.45) is 1.11. The standard InChI is InChI=1S/C12H14O2/c1-8-6-10(8)9-4-5-11(13-2)12(7-9)14-3/h4-5,7,10H,1,6H2,2-3H3. The Labute approximate surface area is 84.2 Å². The van der Waals surface area contributed by atoms with Crippen LogP contribution in [0.1, 0.15) is 17.9 Å². The van der Waals surface area contributed by atoms with Crippen LogP contribution in [-0.2, 0) is 0 Å². The predicted molar refractivity (Wildman–Crippen MR) is 56.0 cm³/mol. The van der Waals surface area contributed by atoms with E-state index in [0.29, 0.717) is 5.92 Å². The van der Waals surface area contributed by atoms with E-state index in [2.05, 4.69) is 12.6 Å². The minimum atomic E-state index is 0.537. The van der Waals surface area contributed by atoms with Crippen molar-refractivity contribution in [1.82, 2.24) is 0 Å². The Bertz CT molecular complexity index is 369. The number of benzene rings is 1. The van der Waals surface area contributed by atoms with E-state index in [9.17, 15) is 0 Å². The van der Waals surface area contributed by atoms with E-state index < -0.39 is 0 Å².